The van der Waals surface area contributed by atoms with Crippen LogP contribution >= 0.6 is 0 Å². The average Bonchev–Trinajstić information content (AvgIpc) is 2.96. The minimum Gasteiger partial charge on any atom is -0.387 e. The van der Waals surface area contributed by atoms with Crippen LogP contribution in [0.3, 0.4) is 0 Å². The van der Waals surface area contributed by atoms with Crippen LogP contribution in [0.1, 0.15) is 155 Å². The van der Waals surface area contributed by atoms with Gasteiger partial charge in [0.15, 0.2) is 0 Å². The van der Waals surface area contributed by atoms with Gasteiger partial charge in [-0.25, -0.2) is 0 Å². The van der Waals surface area contributed by atoms with Gasteiger partial charge >= 0.3 is 0 Å². The Morgan fingerprint density at radius 2 is 1.05 bits per heavy atom. The Morgan fingerprint density at radius 3 is 1.56 bits per heavy atom. The maximum absolute atomic E-state index is 12.5. The van der Waals surface area contributed by atoms with Crippen LogP contribution in [0.5, 0.6) is 0 Å². The maximum atomic E-state index is 12.5. The molecule has 0 rings (SSSR count). The first kappa shape index (κ1) is 41.5. The third-order valence-electron chi connectivity index (χ3n) is 7.65. The first-order chi connectivity index (χ1) is 20.7. The fourth-order valence-corrected chi connectivity index (χ4v) is 5.67. The normalized spacial score (nSPS) is 14.6. The lowest BCUT2D eigenvalue weighted by molar-refractivity contribution is -0.130. The molecule has 3 unspecified atom stereocenters. The Labute approximate surface area is 264 Å². The van der Waals surface area contributed by atoms with Gasteiger partial charge in [-0.3, -0.25) is 9.35 Å². The summed E-state index contributed by atoms with van der Waals surface area (Å²) in [6, 6.07) is -1.25. The lowest BCUT2D eigenvalue weighted by Gasteiger charge is -2.22. The summed E-state index contributed by atoms with van der Waals surface area (Å²) in [6.45, 7) is 4.43. The molecular weight excluding hydrogens is 562 g/mol. The number of aliphatic hydroxyl groups excluding tert-OH is 2. The van der Waals surface area contributed by atoms with Crippen LogP contribution in [-0.2, 0) is 14.9 Å². The topological polar surface area (TPSA) is 124 Å². The highest BCUT2D eigenvalue weighted by Crippen LogP contribution is 2.12. The van der Waals surface area contributed by atoms with Gasteiger partial charge in [-0.2, -0.15) is 8.42 Å². The number of hydrogen-bond donors (Lipinski definition) is 4. The van der Waals surface area contributed by atoms with Gasteiger partial charge in [-0.05, 0) is 57.8 Å². The van der Waals surface area contributed by atoms with Crippen molar-refractivity contribution in [2.24, 2.45) is 0 Å². The molecular formula is C35H65NO6S. The molecule has 0 heterocycles. The highest BCUT2D eigenvalue weighted by molar-refractivity contribution is 7.85. The number of amides is 1. The van der Waals surface area contributed by atoms with E-state index in [9.17, 15) is 28.0 Å². The molecule has 7 nitrogen and oxygen atoms in total. The minimum atomic E-state index is -4.44. The Morgan fingerprint density at radius 1 is 0.628 bits per heavy atom. The van der Waals surface area contributed by atoms with Crippen molar-refractivity contribution in [1.82, 2.24) is 5.32 Å². The fraction of sp³-hybridized carbons (Fsp3) is 0.800. The van der Waals surface area contributed by atoms with Gasteiger partial charge in [-0.15, -0.1) is 0 Å². The number of hydrogen-bond acceptors (Lipinski definition) is 5. The number of aliphatic hydroxyl groups is 2. The van der Waals surface area contributed by atoms with Crippen LogP contribution < -0.4 is 5.32 Å². The first-order valence-corrected chi connectivity index (χ1v) is 18.9. The largest absolute Gasteiger partial charge is 0.387 e. The first-order valence-electron chi connectivity index (χ1n) is 17.3. The molecule has 3 atom stereocenters. The molecule has 0 bridgehead atoms. The molecule has 0 radical (unpaired) electrons. The van der Waals surface area contributed by atoms with Gasteiger partial charge in [0.1, 0.15) is 6.10 Å². The maximum Gasteiger partial charge on any atom is 0.267 e. The molecule has 0 aromatic carbocycles. The number of carbonyl (C=O) groups excluding carboxylic acids is 1. The summed E-state index contributed by atoms with van der Waals surface area (Å²) in [4.78, 5) is 12.5. The van der Waals surface area contributed by atoms with Gasteiger partial charge < -0.3 is 15.5 Å². The van der Waals surface area contributed by atoms with Gasteiger partial charge in [-0.1, -0.05) is 134 Å². The molecule has 0 saturated carbocycles. The molecule has 4 N–H and O–H groups in total. The van der Waals surface area contributed by atoms with E-state index >= 15 is 0 Å². The fourth-order valence-electron chi connectivity index (χ4n) is 4.93. The lowest BCUT2D eigenvalue weighted by Crippen LogP contribution is -2.50. The van der Waals surface area contributed by atoms with Gasteiger partial charge in [0, 0.05) is 0 Å². The van der Waals surface area contributed by atoms with Crippen LogP contribution in [-0.4, -0.2) is 53.1 Å². The standard InChI is InChI=1S/C35H65NO6S/c1-3-5-7-9-11-13-15-16-17-18-19-20-22-24-26-28-30-34(38)35(39)36-32(31-43(40,41)42)33(37)29-27-25-23-21-14-12-10-8-6-4-2/h14,16-17,21,27,29,32-34,37-38H,3-13,15,18-20,22-26,28,30-31H2,1-2H3,(H,36,39)(H,40,41,42)/b17-16-,21-14+,29-27+. The third-order valence-corrected chi connectivity index (χ3v) is 8.43. The summed E-state index contributed by atoms with van der Waals surface area (Å²) in [5.74, 6) is -1.57. The molecule has 0 spiro atoms. The zero-order valence-electron chi connectivity index (χ0n) is 27.4. The number of carbonyl (C=O) groups is 1. The zero-order chi connectivity index (χ0) is 32.0. The van der Waals surface area contributed by atoms with Crippen molar-refractivity contribution in [2.75, 3.05) is 5.75 Å². The second-order valence-electron chi connectivity index (χ2n) is 11.9. The van der Waals surface area contributed by atoms with Crippen LogP contribution in [0.4, 0.5) is 0 Å². The Hall–Kier alpha value is -1.48. The van der Waals surface area contributed by atoms with Crippen LogP contribution in [0, 0.1) is 0 Å². The Kier molecular flexibility index (Phi) is 28.2. The number of rotatable bonds is 30. The molecule has 1 amide bonds. The van der Waals surface area contributed by atoms with Crippen LogP contribution in [0.25, 0.3) is 0 Å². The van der Waals surface area contributed by atoms with Crippen LogP contribution in [0.15, 0.2) is 36.5 Å². The molecule has 0 aliphatic carbocycles. The highest BCUT2D eigenvalue weighted by Gasteiger charge is 2.27. The van der Waals surface area contributed by atoms with Gasteiger partial charge in [0.25, 0.3) is 10.1 Å². The van der Waals surface area contributed by atoms with E-state index in [1.807, 2.05) is 0 Å². The molecule has 0 aliphatic heterocycles. The molecule has 252 valence electrons. The van der Waals surface area contributed by atoms with Crippen molar-refractivity contribution < 1.29 is 28.0 Å². The number of unbranched alkanes of at least 4 members (excludes halogenated alkanes) is 17. The summed E-state index contributed by atoms with van der Waals surface area (Å²) in [6.07, 6.45) is 33.5. The predicted octanol–water partition coefficient (Wildman–Crippen LogP) is 8.37. The number of allylic oxidation sites excluding steroid dienone is 5. The van der Waals surface area contributed by atoms with Gasteiger partial charge in [0.05, 0.1) is 17.9 Å². The molecule has 0 saturated heterocycles. The lowest BCUT2D eigenvalue weighted by atomic mass is 10.0. The minimum absolute atomic E-state index is 0.266. The average molecular weight is 628 g/mol. The van der Waals surface area contributed by atoms with Crippen molar-refractivity contribution in [3.05, 3.63) is 36.5 Å². The van der Waals surface area contributed by atoms with E-state index in [1.165, 1.54) is 89.5 Å². The molecule has 0 aromatic heterocycles. The van der Waals surface area contributed by atoms with E-state index in [-0.39, 0.29) is 6.42 Å². The van der Waals surface area contributed by atoms with Crippen molar-refractivity contribution >= 4 is 16.0 Å². The predicted molar refractivity (Wildman–Crippen MR) is 181 cm³/mol. The summed E-state index contributed by atoms with van der Waals surface area (Å²) in [5, 5.41) is 23.2. The number of nitrogens with one attached hydrogen (secondary N) is 1. The molecule has 0 fully saturated rings. The Balaban J connectivity index is 4.16. The van der Waals surface area contributed by atoms with Crippen molar-refractivity contribution in [3.8, 4) is 0 Å². The SMILES string of the molecule is CCCCCC/C=C/CC/C=C/C(O)C(CS(=O)(=O)O)NC(=O)C(O)CCCCCCCC/C=C\CCCCCCCC. The molecule has 0 aromatic rings. The van der Waals surface area contributed by atoms with E-state index in [0.29, 0.717) is 12.8 Å². The third kappa shape index (κ3) is 29.0. The van der Waals surface area contributed by atoms with Crippen molar-refractivity contribution in [3.63, 3.8) is 0 Å². The van der Waals surface area contributed by atoms with E-state index in [2.05, 4.69) is 43.5 Å². The van der Waals surface area contributed by atoms with E-state index in [1.54, 1.807) is 6.08 Å². The second-order valence-corrected chi connectivity index (χ2v) is 13.4. The summed E-state index contributed by atoms with van der Waals surface area (Å²) in [5.41, 5.74) is 0. The zero-order valence-corrected chi connectivity index (χ0v) is 28.3. The van der Waals surface area contributed by atoms with Gasteiger partial charge in [0.2, 0.25) is 5.91 Å². The summed E-state index contributed by atoms with van der Waals surface area (Å²) in [7, 11) is -4.44. The summed E-state index contributed by atoms with van der Waals surface area (Å²) >= 11 is 0. The Bertz CT molecular complexity index is 839. The molecule has 8 heteroatoms. The molecule has 43 heavy (non-hydrogen) atoms. The second kappa shape index (κ2) is 29.2. The van der Waals surface area contributed by atoms with E-state index < -0.39 is 40.0 Å². The molecule has 0 aliphatic rings. The highest BCUT2D eigenvalue weighted by atomic mass is 32.2. The summed E-state index contributed by atoms with van der Waals surface area (Å²) < 4.78 is 32.2. The van der Waals surface area contributed by atoms with Crippen molar-refractivity contribution in [1.29, 1.82) is 0 Å². The van der Waals surface area contributed by atoms with Crippen molar-refractivity contribution in [2.45, 2.75) is 173 Å². The monoisotopic (exact) mass is 627 g/mol. The van der Waals surface area contributed by atoms with Crippen LogP contribution in [0.2, 0.25) is 0 Å². The quantitative estimate of drug-likeness (QED) is 0.0360. The van der Waals surface area contributed by atoms with E-state index in [0.717, 1.165) is 38.5 Å². The van der Waals surface area contributed by atoms with E-state index in [4.69, 9.17) is 0 Å². The smallest absolute Gasteiger partial charge is 0.267 e.